The molecule has 1 aromatic heterocycles. The molecule has 4 rings (SSSR count). The Bertz CT molecular complexity index is 798. The van der Waals surface area contributed by atoms with E-state index in [4.69, 9.17) is 0 Å². The fraction of sp³-hybridized carbons (Fsp3) is 0.429. The molecule has 1 aromatic carbocycles. The molecule has 0 aliphatic carbocycles. The normalized spacial score (nSPS) is 20.4. The Morgan fingerprint density at radius 3 is 2.48 bits per heavy atom. The van der Waals surface area contributed by atoms with Crippen LogP contribution in [0.2, 0.25) is 0 Å². The van der Waals surface area contributed by atoms with Gasteiger partial charge >= 0.3 is 0 Å². The minimum Gasteiger partial charge on any atom is -0.334 e. The van der Waals surface area contributed by atoms with Crippen LogP contribution >= 0.6 is 0 Å². The second-order valence-corrected chi connectivity index (χ2v) is 7.36. The van der Waals surface area contributed by atoms with E-state index in [1.165, 1.54) is 25.0 Å². The lowest BCUT2D eigenvalue weighted by Crippen LogP contribution is -2.43. The Balaban J connectivity index is 1.57. The highest BCUT2D eigenvalue weighted by Gasteiger charge is 2.34. The van der Waals surface area contributed by atoms with Crippen LogP contribution in [0.25, 0.3) is 11.1 Å². The average molecular weight is 371 g/mol. The number of pyridine rings is 1. The molecule has 3 heterocycles. The van der Waals surface area contributed by atoms with Crippen LogP contribution in [0.5, 0.6) is 0 Å². The van der Waals surface area contributed by atoms with Crippen molar-refractivity contribution < 1.29 is 13.6 Å². The van der Waals surface area contributed by atoms with E-state index in [9.17, 15) is 13.6 Å². The number of carbonyl (C=O) groups excluding carboxylic acids is 1. The van der Waals surface area contributed by atoms with Crippen molar-refractivity contribution in [2.24, 2.45) is 0 Å². The largest absolute Gasteiger partial charge is 0.334 e. The van der Waals surface area contributed by atoms with Crippen LogP contribution in [0.15, 0.2) is 36.7 Å². The monoisotopic (exact) mass is 371 g/mol. The van der Waals surface area contributed by atoms with Gasteiger partial charge in [-0.15, -0.1) is 0 Å². The quantitative estimate of drug-likeness (QED) is 0.822. The highest BCUT2D eigenvalue weighted by atomic mass is 19.1. The molecule has 0 radical (unpaired) electrons. The molecule has 0 saturated carbocycles. The van der Waals surface area contributed by atoms with Crippen molar-refractivity contribution in [2.45, 2.75) is 31.7 Å². The van der Waals surface area contributed by atoms with Gasteiger partial charge in [-0.1, -0.05) is 6.07 Å². The SMILES string of the molecule is O=C(c1c(F)cc(-c2cccnc2)cc1F)N1CCC[C@H]1CN1CCCC1. The van der Waals surface area contributed by atoms with Gasteiger partial charge in [0.25, 0.3) is 5.91 Å². The van der Waals surface area contributed by atoms with Crippen LogP contribution in [-0.4, -0.2) is 52.9 Å². The van der Waals surface area contributed by atoms with Crippen molar-refractivity contribution in [3.8, 4) is 11.1 Å². The molecule has 0 N–H and O–H groups in total. The van der Waals surface area contributed by atoms with Gasteiger partial charge in [0.1, 0.15) is 17.2 Å². The first-order valence-electron chi connectivity index (χ1n) is 9.56. The molecule has 6 heteroatoms. The van der Waals surface area contributed by atoms with Gasteiger partial charge in [0.05, 0.1) is 0 Å². The van der Waals surface area contributed by atoms with Gasteiger partial charge in [-0.2, -0.15) is 0 Å². The zero-order chi connectivity index (χ0) is 18.8. The lowest BCUT2D eigenvalue weighted by atomic mass is 10.0. The molecule has 2 aliphatic heterocycles. The topological polar surface area (TPSA) is 36.4 Å². The molecule has 2 aliphatic rings. The number of benzene rings is 1. The third kappa shape index (κ3) is 3.72. The zero-order valence-electron chi connectivity index (χ0n) is 15.2. The van der Waals surface area contributed by atoms with Gasteiger partial charge < -0.3 is 9.80 Å². The van der Waals surface area contributed by atoms with E-state index < -0.39 is 23.1 Å². The number of carbonyl (C=O) groups is 1. The highest BCUT2D eigenvalue weighted by Crippen LogP contribution is 2.28. The number of nitrogens with zero attached hydrogens (tertiary/aromatic N) is 3. The minimum atomic E-state index is -0.814. The predicted molar refractivity (Wildman–Crippen MR) is 99.3 cm³/mol. The van der Waals surface area contributed by atoms with Crippen LogP contribution in [-0.2, 0) is 0 Å². The predicted octanol–water partition coefficient (Wildman–Crippen LogP) is 3.73. The standard InChI is InChI=1S/C21H23F2N3O/c22-18-11-16(15-5-3-7-24-13-15)12-19(23)20(18)21(27)26-10-4-6-17(26)14-25-8-1-2-9-25/h3,5,7,11-13,17H,1-2,4,6,8-10,14H2/t17-/m0/s1. The molecule has 2 aromatic rings. The van der Waals surface area contributed by atoms with Gasteiger partial charge in [-0.05, 0) is 62.5 Å². The Morgan fingerprint density at radius 2 is 1.81 bits per heavy atom. The van der Waals surface area contributed by atoms with E-state index in [0.29, 0.717) is 17.7 Å². The summed E-state index contributed by atoms with van der Waals surface area (Å²) in [6, 6.07) is 5.91. The minimum absolute atomic E-state index is 0.0346. The second-order valence-electron chi connectivity index (χ2n) is 7.36. The molecule has 2 fully saturated rings. The third-order valence-electron chi connectivity index (χ3n) is 5.56. The first-order valence-corrected chi connectivity index (χ1v) is 9.56. The summed E-state index contributed by atoms with van der Waals surface area (Å²) in [6.07, 6.45) is 7.27. The van der Waals surface area contributed by atoms with Crippen molar-refractivity contribution in [2.75, 3.05) is 26.2 Å². The summed E-state index contributed by atoms with van der Waals surface area (Å²) < 4.78 is 29.4. The van der Waals surface area contributed by atoms with Crippen molar-refractivity contribution in [1.82, 2.24) is 14.8 Å². The van der Waals surface area contributed by atoms with Gasteiger partial charge in [0.15, 0.2) is 0 Å². The number of amides is 1. The number of likely N-dealkylation sites (tertiary alicyclic amines) is 2. The number of halogens is 2. The zero-order valence-corrected chi connectivity index (χ0v) is 15.2. The Labute approximate surface area is 157 Å². The van der Waals surface area contributed by atoms with Gasteiger partial charge in [0, 0.05) is 37.1 Å². The smallest absolute Gasteiger partial charge is 0.260 e. The Hall–Kier alpha value is -2.34. The Morgan fingerprint density at radius 1 is 1.07 bits per heavy atom. The molecule has 0 bridgehead atoms. The molecular formula is C21H23F2N3O. The maximum absolute atomic E-state index is 14.7. The van der Waals surface area contributed by atoms with Crippen LogP contribution < -0.4 is 0 Å². The molecule has 27 heavy (non-hydrogen) atoms. The molecule has 0 spiro atoms. The number of rotatable bonds is 4. The molecule has 4 nitrogen and oxygen atoms in total. The van der Waals surface area contributed by atoms with E-state index in [2.05, 4.69) is 9.88 Å². The van der Waals surface area contributed by atoms with Gasteiger partial charge in [-0.25, -0.2) is 8.78 Å². The van der Waals surface area contributed by atoms with Crippen LogP contribution in [0.1, 0.15) is 36.0 Å². The Kier molecular flexibility index (Phi) is 5.16. The fourth-order valence-electron chi connectivity index (χ4n) is 4.18. The highest BCUT2D eigenvalue weighted by molar-refractivity contribution is 5.95. The van der Waals surface area contributed by atoms with E-state index in [-0.39, 0.29) is 6.04 Å². The summed E-state index contributed by atoms with van der Waals surface area (Å²) in [5, 5.41) is 0. The first-order chi connectivity index (χ1) is 13.1. The maximum Gasteiger partial charge on any atom is 0.260 e. The van der Waals surface area contributed by atoms with E-state index >= 15 is 0 Å². The fourth-order valence-corrected chi connectivity index (χ4v) is 4.18. The summed E-state index contributed by atoms with van der Waals surface area (Å²) >= 11 is 0. The molecule has 0 unspecified atom stereocenters. The van der Waals surface area contributed by atoms with Crippen molar-refractivity contribution in [3.05, 3.63) is 53.9 Å². The summed E-state index contributed by atoms with van der Waals surface area (Å²) in [7, 11) is 0. The maximum atomic E-state index is 14.7. The van der Waals surface area contributed by atoms with Crippen molar-refractivity contribution in [3.63, 3.8) is 0 Å². The number of aromatic nitrogens is 1. The van der Waals surface area contributed by atoms with Crippen LogP contribution in [0.4, 0.5) is 8.78 Å². The summed E-state index contributed by atoms with van der Waals surface area (Å²) in [5.41, 5.74) is 0.544. The molecule has 1 amide bonds. The average Bonchev–Trinajstić information content (AvgIpc) is 3.34. The lowest BCUT2D eigenvalue weighted by molar-refractivity contribution is 0.0699. The summed E-state index contributed by atoms with van der Waals surface area (Å²) in [5.74, 6) is -2.17. The number of hydrogen-bond donors (Lipinski definition) is 0. The van der Waals surface area contributed by atoms with Gasteiger partial charge in [0.2, 0.25) is 0 Å². The molecule has 142 valence electrons. The molecule has 2 saturated heterocycles. The van der Waals surface area contributed by atoms with E-state index in [1.807, 2.05) is 0 Å². The molecule has 1 atom stereocenters. The summed E-state index contributed by atoms with van der Waals surface area (Å²) in [6.45, 7) is 3.44. The first kappa shape index (κ1) is 18.0. The number of hydrogen-bond acceptors (Lipinski definition) is 3. The van der Waals surface area contributed by atoms with Crippen LogP contribution in [0, 0.1) is 11.6 Å². The van der Waals surface area contributed by atoms with Crippen molar-refractivity contribution >= 4 is 5.91 Å². The van der Waals surface area contributed by atoms with Crippen LogP contribution in [0.3, 0.4) is 0 Å². The van der Waals surface area contributed by atoms with E-state index in [1.54, 1.807) is 29.4 Å². The second kappa shape index (κ2) is 7.72. The van der Waals surface area contributed by atoms with Crippen molar-refractivity contribution in [1.29, 1.82) is 0 Å². The lowest BCUT2D eigenvalue weighted by Gasteiger charge is -2.28. The van der Waals surface area contributed by atoms with E-state index in [0.717, 1.165) is 32.5 Å². The molecular weight excluding hydrogens is 348 g/mol. The summed E-state index contributed by atoms with van der Waals surface area (Å²) in [4.78, 5) is 20.9. The third-order valence-corrected chi connectivity index (χ3v) is 5.56. The van der Waals surface area contributed by atoms with Gasteiger partial charge in [-0.3, -0.25) is 9.78 Å².